The molecule has 0 aliphatic heterocycles. The first-order chi connectivity index (χ1) is 15.6. The van der Waals surface area contributed by atoms with Gasteiger partial charge in [-0.3, -0.25) is 4.79 Å². The minimum atomic E-state index is -0.440. The van der Waals surface area contributed by atoms with Crippen LogP contribution in [-0.4, -0.2) is 44.3 Å². The number of hydrogen-bond acceptors (Lipinski definition) is 8. The Balaban J connectivity index is 1.39. The highest BCUT2D eigenvalue weighted by Crippen LogP contribution is 2.20. The summed E-state index contributed by atoms with van der Waals surface area (Å²) in [7, 11) is 0. The predicted octanol–water partition coefficient (Wildman–Crippen LogP) is 2.13. The summed E-state index contributed by atoms with van der Waals surface area (Å²) in [6.07, 6.45) is 0. The van der Waals surface area contributed by atoms with Crippen molar-refractivity contribution in [2.45, 2.75) is 13.1 Å². The van der Waals surface area contributed by atoms with E-state index in [1.54, 1.807) is 4.80 Å². The number of benzene rings is 2. The van der Waals surface area contributed by atoms with E-state index >= 15 is 0 Å². The fourth-order valence-corrected chi connectivity index (χ4v) is 3.18. The van der Waals surface area contributed by atoms with Crippen LogP contribution < -0.4 is 16.4 Å². The van der Waals surface area contributed by atoms with Crippen LogP contribution >= 0.6 is 11.6 Å². The number of hydrogen-bond donors (Lipinski definition) is 3. The van der Waals surface area contributed by atoms with Crippen molar-refractivity contribution >= 4 is 23.3 Å². The molecule has 0 bridgehead atoms. The van der Waals surface area contributed by atoms with Crippen LogP contribution in [0.3, 0.4) is 0 Å². The second-order valence-electron chi connectivity index (χ2n) is 6.95. The number of carbonyl (C=O) groups is 1. The molecule has 0 spiro atoms. The van der Waals surface area contributed by atoms with E-state index in [-0.39, 0.29) is 11.5 Å². The van der Waals surface area contributed by atoms with Gasteiger partial charge in [0.05, 0.1) is 6.54 Å². The van der Waals surface area contributed by atoms with Gasteiger partial charge >= 0.3 is 0 Å². The number of amides is 1. The Labute approximate surface area is 188 Å². The maximum atomic E-state index is 12.0. The van der Waals surface area contributed by atoms with Gasteiger partial charge in [0.25, 0.3) is 5.91 Å². The molecule has 1 amide bonds. The van der Waals surface area contributed by atoms with Gasteiger partial charge in [-0.25, -0.2) is 4.63 Å². The zero-order chi connectivity index (χ0) is 22.3. The standard InChI is InChI=1S/C21H21ClN8O2/c22-16-8-6-14(7-9-16)13-30-26-17(18(27-30)15-4-2-1-3-5-15)12-24-10-11-25-21(31)19-20(23)29-32-28-19/h1-9,24H,10-13H2,(H2,23,29)(H,25,31). The minimum absolute atomic E-state index is 0.0264. The summed E-state index contributed by atoms with van der Waals surface area (Å²) in [5.41, 5.74) is 9.13. The first-order valence-electron chi connectivity index (χ1n) is 9.91. The van der Waals surface area contributed by atoms with E-state index < -0.39 is 5.91 Å². The van der Waals surface area contributed by atoms with Crippen molar-refractivity contribution < 1.29 is 9.42 Å². The molecule has 32 heavy (non-hydrogen) atoms. The molecule has 2 aromatic heterocycles. The summed E-state index contributed by atoms with van der Waals surface area (Å²) in [5.74, 6) is -0.482. The Bertz CT molecular complexity index is 1170. The molecule has 0 unspecified atom stereocenters. The number of carbonyl (C=O) groups excluding carboxylic acids is 1. The number of halogens is 1. The van der Waals surface area contributed by atoms with Crippen molar-refractivity contribution in [3.63, 3.8) is 0 Å². The number of nitrogens with one attached hydrogen (secondary N) is 2. The zero-order valence-electron chi connectivity index (χ0n) is 17.0. The molecule has 164 valence electrons. The largest absolute Gasteiger partial charge is 0.379 e. The van der Waals surface area contributed by atoms with Gasteiger partial charge in [-0.15, -0.1) is 0 Å². The number of nitrogens with zero attached hydrogens (tertiary/aromatic N) is 5. The van der Waals surface area contributed by atoms with Crippen LogP contribution in [0.15, 0.2) is 59.2 Å². The van der Waals surface area contributed by atoms with Gasteiger partial charge in [0.1, 0.15) is 11.4 Å². The van der Waals surface area contributed by atoms with Gasteiger partial charge in [0.15, 0.2) is 0 Å². The lowest BCUT2D eigenvalue weighted by molar-refractivity contribution is 0.0944. The first-order valence-corrected chi connectivity index (χ1v) is 10.3. The monoisotopic (exact) mass is 452 g/mol. The summed E-state index contributed by atoms with van der Waals surface area (Å²) >= 11 is 5.97. The molecule has 0 saturated heterocycles. The molecule has 4 rings (SSSR count). The van der Waals surface area contributed by atoms with E-state index in [0.29, 0.717) is 31.2 Å². The van der Waals surface area contributed by atoms with Crippen molar-refractivity contribution in [1.82, 2.24) is 35.9 Å². The van der Waals surface area contributed by atoms with Crippen LogP contribution in [0.4, 0.5) is 5.82 Å². The van der Waals surface area contributed by atoms with E-state index in [1.165, 1.54) is 0 Å². The third-order valence-electron chi connectivity index (χ3n) is 4.62. The molecular weight excluding hydrogens is 432 g/mol. The number of anilines is 1. The predicted molar refractivity (Wildman–Crippen MR) is 119 cm³/mol. The van der Waals surface area contributed by atoms with Crippen molar-refractivity contribution in [2.24, 2.45) is 0 Å². The molecule has 0 saturated carbocycles. The fourth-order valence-electron chi connectivity index (χ4n) is 3.05. The first kappa shape index (κ1) is 21.5. The number of aromatic nitrogens is 5. The lowest BCUT2D eigenvalue weighted by Crippen LogP contribution is -2.32. The molecule has 10 nitrogen and oxygen atoms in total. The molecule has 0 aliphatic rings. The molecular formula is C21H21ClN8O2. The van der Waals surface area contributed by atoms with Gasteiger partial charge in [0.2, 0.25) is 11.5 Å². The molecule has 0 radical (unpaired) electrons. The van der Waals surface area contributed by atoms with Crippen LogP contribution in [-0.2, 0) is 13.1 Å². The van der Waals surface area contributed by atoms with Crippen LogP contribution in [0.25, 0.3) is 11.3 Å². The van der Waals surface area contributed by atoms with Crippen LogP contribution in [0.1, 0.15) is 21.7 Å². The highest BCUT2D eigenvalue weighted by Gasteiger charge is 2.16. The number of nitrogens with two attached hydrogens (primary N) is 1. The van der Waals surface area contributed by atoms with Gasteiger partial charge in [-0.1, -0.05) is 54.1 Å². The van der Waals surface area contributed by atoms with Crippen molar-refractivity contribution in [3.05, 3.63) is 76.6 Å². The highest BCUT2D eigenvalue weighted by molar-refractivity contribution is 6.30. The SMILES string of the molecule is Nc1nonc1C(=O)NCCNCc1nn(Cc2ccc(Cl)cc2)nc1-c1ccccc1. The average molecular weight is 453 g/mol. The Morgan fingerprint density at radius 3 is 2.53 bits per heavy atom. The molecule has 0 aliphatic carbocycles. The molecule has 0 atom stereocenters. The molecule has 4 N–H and O–H groups in total. The third-order valence-corrected chi connectivity index (χ3v) is 4.87. The minimum Gasteiger partial charge on any atom is -0.379 e. The van der Waals surface area contributed by atoms with E-state index in [4.69, 9.17) is 22.4 Å². The Kier molecular flexibility index (Phi) is 6.73. The van der Waals surface area contributed by atoms with Gasteiger partial charge in [-0.05, 0) is 28.0 Å². The van der Waals surface area contributed by atoms with E-state index in [1.807, 2.05) is 54.6 Å². The smallest absolute Gasteiger partial charge is 0.277 e. The maximum Gasteiger partial charge on any atom is 0.277 e. The van der Waals surface area contributed by atoms with Crippen molar-refractivity contribution in [2.75, 3.05) is 18.8 Å². The fraction of sp³-hybridized carbons (Fsp3) is 0.190. The molecule has 2 aromatic carbocycles. The number of nitrogen functional groups attached to an aromatic ring is 1. The van der Waals surface area contributed by atoms with Gasteiger partial charge in [0, 0.05) is 30.2 Å². The lowest BCUT2D eigenvalue weighted by Gasteiger charge is -2.05. The van der Waals surface area contributed by atoms with Crippen LogP contribution in [0.2, 0.25) is 5.02 Å². The quantitative estimate of drug-likeness (QED) is 0.328. The normalized spacial score (nSPS) is 10.9. The van der Waals surface area contributed by atoms with E-state index in [0.717, 1.165) is 22.5 Å². The second-order valence-corrected chi connectivity index (χ2v) is 7.39. The Morgan fingerprint density at radius 2 is 1.81 bits per heavy atom. The highest BCUT2D eigenvalue weighted by atomic mass is 35.5. The zero-order valence-corrected chi connectivity index (χ0v) is 17.8. The average Bonchev–Trinajstić information content (AvgIpc) is 3.41. The van der Waals surface area contributed by atoms with E-state index in [2.05, 4.69) is 30.7 Å². The second kappa shape index (κ2) is 10.0. The lowest BCUT2D eigenvalue weighted by atomic mass is 10.1. The Morgan fingerprint density at radius 1 is 1.03 bits per heavy atom. The van der Waals surface area contributed by atoms with Crippen LogP contribution in [0.5, 0.6) is 0 Å². The summed E-state index contributed by atoms with van der Waals surface area (Å²) in [5, 5.41) is 22.9. The summed E-state index contributed by atoms with van der Waals surface area (Å²) < 4.78 is 4.43. The summed E-state index contributed by atoms with van der Waals surface area (Å²) in [4.78, 5) is 13.7. The summed E-state index contributed by atoms with van der Waals surface area (Å²) in [6.45, 7) is 1.88. The summed E-state index contributed by atoms with van der Waals surface area (Å²) in [6, 6.07) is 17.5. The van der Waals surface area contributed by atoms with Crippen molar-refractivity contribution in [1.29, 1.82) is 0 Å². The Hall–Kier alpha value is -3.76. The van der Waals surface area contributed by atoms with Gasteiger partial charge in [-0.2, -0.15) is 15.0 Å². The maximum absolute atomic E-state index is 12.0. The van der Waals surface area contributed by atoms with E-state index in [9.17, 15) is 4.79 Å². The molecule has 2 heterocycles. The third kappa shape index (κ3) is 5.29. The molecule has 11 heteroatoms. The van der Waals surface area contributed by atoms with Crippen molar-refractivity contribution in [3.8, 4) is 11.3 Å². The topological polar surface area (TPSA) is 137 Å². The van der Waals surface area contributed by atoms with Gasteiger partial charge < -0.3 is 16.4 Å². The van der Waals surface area contributed by atoms with Crippen LogP contribution in [0, 0.1) is 0 Å². The molecule has 4 aromatic rings. The molecule has 0 fully saturated rings. The number of rotatable bonds is 9.